The van der Waals surface area contributed by atoms with Crippen molar-refractivity contribution in [2.24, 2.45) is 0 Å². The summed E-state index contributed by atoms with van der Waals surface area (Å²) < 4.78 is 6.38. The first-order valence-electron chi connectivity index (χ1n) is 7.02. The lowest BCUT2D eigenvalue weighted by Crippen LogP contribution is -2.44. The van der Waals surface area contributed by atoms with E-state index in [1.54, 1.807) is 0 Å². The maximum absolute atomic E-state index is 9.79. The number of aliphatic hydroxyl groups is 1. The molecule has 2 atom stereocenters. The summed E-state index contributed by atoms with van der Waals surface area (Å²) >= 11 is 0. The van der Waals surface area contributed by atoms with E-state index < -0.39 is 8.32 Å². The third-order valence-corrected chi connectivity index (χ3v) is 8.59. The lowest BCUT2D eigenvalue weighted by atomic mass is 10.0. The molecule has 1 N–H and O–H groups in total. The molecule has 0 spiro atoms. The second kappa shape index (κ2) is 6.87. The zero-order chi connectivity index (χ0) is 14.6. The SMILES string of the molecule is C=C(C)C(O)CCC(CC)O[Si](C)(C)C(C)(C)C. The van der Waals surface area contributed by atoms with Gasteiger partial charge in [0.05, 0.1) is 6.10 Å². The van der Waals surface area contributed by atoms with Gasteiger partial charge < -0.3 is 9.53 Å². The highest BCUT2D eigenvalue weighted by atomic mass is 28.4. The highest BCUT2D eigenvalue weighted by molar-refractivity contribution is 6.74. The van der Waals surface area contributed by atoms with E-state index in [0.717, 1.165) is 24.8 Å². The van der Waals surface area contributed by atoms with E-state index in [1.165, 1.54) is 0 Å². The molecule has 0 radical (unpaired) electrons. The van der Waals surface area contributed by atoms with Gasteiger partial charge >= 0.3 is 0 Å². The first-order valence-corrected chi connectivity index (χ1v) is 9.93. The van der Waals surface area contributed by atoms with Gasteiger partial charge in [-0.05, 0) is 44.3 Å². The van der Waals surface area contributed by atoms with Crippen LogP contribution in [0.15, 0.2) is 12.2 Å². The van der Waals surface area contributed by atoms with E-state index in [1.807, 2.05) is 6.92 Å². The van der Waals surface area contributed by atoms with Crippen LogP contribution in [0.3, 0.4) is 0 Å². The quantitative estimate of drug-likeness (QED) is 0.546. The monoisotopic (exact) mass is 272 g/mol. The normalized spacial score (nSPS) is 16.4. The van der Waals surface area contributed by atoms with Gasteiger partial charge in [-0.1, -0.05) is 39.8 Å². The Balaban J connectivity index is 4.40. The molecule has 0 aromatic heterocycles. The number of rotatable bonds is 7. The second-order valence-corrected chi connectivity index (χ2v) is 11.6. The molecule has 2 unspecified atom stereocenters. The summed E-state index contributed by atoms with van der Waals surface area (Å²) in [4.78, 5) is 0. The molecule has 3 heteroatoms. The molecule has 0 rings (SSSR count). The third-order valence-electron chi connectivity index (χ3n) is 4.05. The topological polar surface area (TPSA) is 29.5 Å². The highest BCUT2D eigenvalue weighted by Gasteiger charge is 2.38. The Morgan fingerprint density at radius 1 is 1.28 bits per heavy atom. The summed E-state index contributed by atoms with van der Waals surface area (Å²) in [5.41, 5.74) is 0.845. The Bertz CT molecular complexity index is 266. The van der Waals surface area contributed by atoms with Crippen molar-refractivity contribution in [2.45, 2.75) is 84.2 Å². The van der Waals surface area contributed by atoms with Crippen molar-refractivity contribution < 1.29 is 9.53 Å². The van der Waals surface area contributed by atoms with Crippen LogP contribution in [0.25, 0.3) is 0 Å². The van der Waals surface area contributed by atoms with Gasteiger partial charge in [-0.15, -0.1) is 0 Å². The molecule has 0 aliphatic carbocycles. The van der Waals surface area contributed by atoms with Crippen molar-refractivity contribution in [2.75, 3.05) is 0 Å². The fourth-order valence-corrected chi connectivity index (χ4v) is 3.00. The first-order chi connectivity index (χ1) is 8.01. The summed E-state index contributed by atoms with van der Waals surface area (Å²) in [5.74, 6) is 0. The van der Waals surface area contributed by atoms with Crippen molar-refractivity contribution in [1.29, 1.82) is 0 Å². The molecule has 18 heavy (non-hydrogen) atoms. The van der Waals surface area contributed by atoms with Gasteiger partial charge in [-0.2, -0.15) is 0 Å². The fraction of sp³-hybridized carbons (Fsp3) is 0.867. The van der Waals surface area contributed by atoms with Gasteiger partial charge in [0.25, 0.3) is 0 Å². The van der Waals surface area contributed by atoms with Gasteiger partial charge in [0, 0.05) is 6.10 Å². The minimum atomic E-state index is -1.69. The number of hydrogen-bond donors (Lipinski definition) is 1. The van der Waals surface area contributed by atoms with Crippen LogP contribution in [-0.2, 0) is 4.43 Å². The molecular weight excluding hydrogens is 240 g/mol. The van der Waals surface area contributed by atoms with Crippen LogP contribution in [0.5, 0.6) is 0 Å². The summed E-state index contributed by atoms with van der Waals surface area (Å²) in [5, 5.41) is 10.0. The predicted molar refractivity (Wildman–Crippen MR) is 82.4 cm³/mol. The smallest absolute Gasteiger partial charge is 0.192 e. The predicted octanol–water partition coefficient (Wildman–Crippen LogP) is 4.50. The van der Waals surface area contributed by atoms with Crippen molar-refractivity contribution in [1.82, 2.24) is 0 Å². The average Bonchev–Trinajstić information content (AvgIpc) is 2.21. The Morgan fingerprint density at radius 3 is 2.11 bits per heavy atom. The summed E-state index contributed by atoms with van der Waals surface area (Å²) in [6.45, 7) is 19.2. The zero-order valence-corrected chi connectivity index (χ0v) is 14.3. The summed E-state index contributed by atoms with van der Waals surface area (Å²) in [6, 6.07) is 0. The summed E-state index contributed by atoms with van der Waals surface area (Å²) in [7, 11) is -1.69. The Morgan fingerprint density at radius 2 is 1.78 bits per heavy atom. The number of hydrogen-bond acceptors (Lipinski definition) is 2. The fourth-order valence-electron chi connectivity index (χ4n) is 1.53. The molecule has 0 heterocycles. The first kappa shape index (κ1) is 17.9. The van der Waals surface area contributed by atoms with Gasteiger partial charge in [0.2, 0.25) is 0 Å². The standard InChI is InChI=1S/C15H32O2Si/c1-9-13(10-11-14(16)12(2)3)17-18(7,8)15(4,5)6/h13-14,16H,2,9-11H2,1,3-8H3. The van der Waals surface area contributed by atoms with E-state index in [2.05, 4.69) is 47.4 Å². The molecule has 0 bridgehead atoms. The van der Waals surface area contributed by atoms with Crippen LogP contribution in [-0.4, -0.2) is 25.6 Å². The minimum absolute atomic E-state index is 0.243. The van der Waals surface area contributed by atoms with Gasteiger partial charge in [0.1, 0.15) is 0 Å². The molecule has 0 saturated heterocycles. The van der Waals surface area contributed by atoms with E-state index in [4.69, 9.17) is 4.43 Å². The van der Waals surface area contributed by atoms with Gasteiger partial charge in [-0.3, -0.25) is 0 Å². The molecule has 0 fully saturated rings. The minimum Gasteiger partial charge on any atom is -0.414 e. The van der Waals surface area contributed by atoms with E-state index >= 15 is 0 Å². The lowest BCUT2D eigenvalue weighted by molar-refractivity contribution is 0.132. The van der Waals surface area contributed by atoms with E-state index in [9.17, 15) is 5.11 Å². The molecule has 108 valence electrons. The highest BCUT2D eigenvalue weighted by Crippen LogP contribution is 2.38. The van der Waals surface area contributed by atoms with Gasteiger partial charge in [-0.25, -0.2) is 0 Å². The van der Waals surface area contributed by atoms with Crippen molar-refractivity contribution in [3.8, 4) is 0 Å². The molecular formula is C15H32O2Si. The number of aliphatic hydroxyl groups excluding tert-OH is 1. The van der Waals surface area contributed by atoms with Crippen LogP contribution in [0.4, 0.5) is 0 Å². The van der Waals surface area contributed by atoms with Crippen LogP contribution in [0, 0.1) is 0 Å². The third kappa shape index (κ3) is 5.68. The van der Waals surface area contributed by atoms with Crippen LogP contribution < -0.4 is 0 Å². The maximum Gasteiger partial charge on any atom is 0.192 e. The van der Waals surface area contributed by atoms with Crippen molar-refractivity contribution >= 4 is 8.32 Å². The van der Waals surface area contributed by atoms with Crippen LogP contribution >= 0.6 is 0 Å². The Kier molecular flexibility index (Phi) is 6.83. The molecule has 0 amide bonds. The molecule has 0 saturated carbocycles. The largest absolute Gasteiger partial charge is 0.414 e. The van der Waals surface area contributed by atoms with Crippen LogP contribution in [0.1, 0.15) is 53.9 Å². The maximum atomic E-state index is 9.79. The van der Waals surface area contributed by atoms with E-state index in [-0.39, 0.29) is 17.2 Å². The average molecular weight is 273 g/mol. The molecule has 0 aromatic rings. The van der Waals surface area contributed by atoms with Crippen LogP contribution in [0.2, 0.25) is 18.1 Å². The molecule has 0 aromatic carbocycles. The summed E-state index contributed by atoms with van der Waals surface area (Å²) in [6.07, 6.45) is 2.55. The van der Waals surface area contributed by atoms with Gasteiger partial charge in [0.15, 0.2) is 8.32 Å². The van der Waals surface area contributed by atoms with Crippen molar-refractivity contribution in [3.05, 3.63) is 12.2 Å². The molecule has 2 nitrogen and oxygen atoms in total. The Hall–Kier alpha value is -0.123. The molecule has 0 aliphatic heterocycles. The zero-order valence-electron chi connectivity index (χ0n) is 13.3. The van der Waals surface area contributed by atoms with Crippen molar-refractivity contribution in [3.63, 3.8) is 0 Å². The molecule has 0 aliphatic rings. The lowest BCUT2D eigenvalue weighted by Gasteiger charge is -2.39. The van der Waals surface area contributed by atoms with E-state index in [0.29, 0.717) is 0 Å². The second-order valence-electron chi connectivity index (χ2n) is 6.85. The Labute approximate surface area is 115 Å².